The minimum atomic E-state index is -0.889. The van der Waals surface area contributed by atoms with Gasteiger partial charge in [-0.2, -0.15) is 0 Å². The van der Waals surface area contributed by atoms with Crippen LogP contribution in [0.1, 0.15) is 30.0 Å². The Labute approximate surface area is 102 Å². The molecule has 0 aromatic heterocycles. The highest BCUT2D eigenvalue weighted by molar-refractivity contribution is 5.72. The zero-order valence-electron chi connectivity index (χ0n) is 10.7. The largest absolute Gasteiger partial charge is 0.479 e. The molecule has 17 heavy (non-hydrogen) atoms. The maximum atomic E-state index is 11.1. The van der Waals surface area contributed by atoms with Crippen LogP contribution in [0, 0.1) is 13.8 Å². The van der Waals surface area contributed by atoms with E-state index in [1.165, 1.54) is 5.56 Å². The van der Waals surface area contributed by atoms with Gasteiger partial charge in [-0.1, -0.05) is 25.1 Å². The number of aliphatic carboxylic acids is 1. The fourth-order valence-electron chi connectivity index (χ4n) is 1.71. The molecule has 0 unspecified atom stereocenters. The Morgan fingerprint density at radius 1 is 1.41 bits per heavy atom. The predicted octanol–water partition coefficient (Wildman–Crippen LogP) is 2.73. The average Bonchev–Trinajstić information content (AvgIpc) is 2.29. The zero-order valence-corrected chi connectivity index (χ0v) is 10.7. The molecule has 0 spiro atoms. The van der Waals surface area contributed by atoms with E-state index in [0.29, 0.717) is 13.0 Å². The average molecular weight is 236 g/mol. The molecule has 3 nitrogen and oxygen atoms in total. The van der Waals surface area contributed by atoms with Crippen LogP contribution < -0.4 is 0 Å². The molecule has 0 fully saturated rings. The SMILES string of the molecule is CCCO[C@@H](Cc1cccc(C)c1C)C(=O)O. The van der Waals surface area contributed by atoms with Crippen molar-refractivity contribution in [2.45, 2.75) is 39.7 Å². The molecule has 1 N–H and O–H groups in total. The molecule has 0 aliphatic rings. The number of hydrogen-bond donors (Lipinski definition) is 1. The van der Waals surface area contributed by atoms with Gasteiger partial charge in [0.05, 0.1) is 0 Å². The van der Waals surface area contributed by atoms with Crippen LogP contribution in [0.15, 0.2) is 18.2 Å². The number of benzene rings is 1. The number of carboxylic acid groups (broad SMARTS) is 1. The lowest BCUT2D eigenvalue weighted by Gasteiger charge is -2.15. The Balaban J connectivity index is 2.78. The van der Waals surface area contributed by atoms with Gasteiger partial charge in [-0.25, -0.2) is 4.79 Å². The summed E-state index contributed by atoms with van der Waals surface area (Å²) in [6.45, 7) is 6.50. The van der Waals surface area contributed by atoms with Crippen molar-refractivity contribution < 1.29 is 14.6 Å². The lowest BCUT2D eigenvalue weighted by atomic mass is 9.98. The highest BCUT2D eigenvalue weighted by Crippen LogP contribution is 2.16. The highest BCUT2D eigenvalue weighted by Gasteiger charge is 2.19. The molecule has 0 radical (unpaired) electrons. The van der Waals surface area contributed by atoms with E-state index in [4.69, 9.17) is 9.84 Å². The first kappa shape index (κ1) is 13.7. The predicted molar refractivity (Wildman–Crippen MR) is 67.3 cm³/mol. The Hall–Kier alpha value is -1.35. The lowest BCUT2D eigenvalue weighted by molar-refractivity contribution is -0.150. The molecule has 0 saturated heterocycles. The van der Waals surface area contributed by atoms with Crippen LogP contribution >= 0.6 is 0 Å². The molecule has 0 bridgehead atoms. The summed E-state index contributed by atoms with van der Waals surface area (Å²) in [7, 11) is 0. The van der Waals surface area contributed by atoms with Gasteiger partial charge in [-0.3, -0.25) is 0 Å². The van der Waals surface area contributed by atoms with E-state index < -0.39 is 12.1 Å². The molecule has 94 valence electrons. The van der Waals surface area contributed by atoms with Gasteiger partial charge in [-0.15, -0.1) is 0 Å². The van der Waals surface area contributed by atoms with E-state index in [0.717, 1.165) is 17.5 Å². The van der Waals surface area contributed by atoms with Crippen molar-refractivity contribution in [2.75, 3.05) is 6.61 Å². The van der Waals surface area contributed by atoms with Gasteiger partial charge in [0, 0.05) is 13.0 Å². The summed E-state index contributed by atoms with van der Waals surface area (Å²) >= 11 is 0. The third kappa shape index (κ3) is 3.86. The van der Waals surface area contributed by atoms with E-state index in [9.17, 15) is 4.79 Å². The Morgan fingerprint density at radius 3 is 2.71 bits per heavy atom. The van der Waals surface area contributed by atoms with Gasteiger partial charge in [0.15, 0.2) is 6.10 Å². The molecule has 3 heteroatoms. The fraction of sp³-hybridized carbons (Fsp3) is 0.500. The van der Waals surface area contributed by atoms with Crippen LogP contribution in [0.4, 0.5) is 0 Å². The van der Waals surface area contributed by atoms with Crippen molar-refractivity contribution in [1.82, 2.24) is 0 Å². The topological polar surface area (TPSA) is 46.5 Å². The smallest absolute Gasteiger partial charge is 0.333 e. The van der Waals surface area contributed by atoms with Crippen molar-refractivity contribution in [3.8, 4) is 0 Å². The summed E-state index contributed by atoms with van der Waals surface area (Å²) in [5.41, 5.74) is 3.38. The summed E-state index contributed by atoms with van der Waals surface area (Å²) < 4.78 is 5.35. The molecule has 0 aliphatic carbocycles. The fourth-order valence-corrected chi connectivity index (χ4v) is 1.71. The first-order valence-corrected chi connectivity index (χ1v) is 5.95. The van der Waals surface area contributed by atoms with Crippen molar-refractivity contribution >= 4 is 5.97 Å². The van der Waals surface area contributed by atoms with E-state index in [2.05, 4.69) is 0 Å². The van der Waals surface area contributed by atoms with E-state index in [-0.39, 0.29) is 0 Å². The second-order valence-electron chi connectivity index (χ2n) is 4.26. The zero-order chi connectivity index (χ0) is 12.8. The molecule has 0 saturated carbocycles. The second kappa shape index (κ2) is 6.40. The van der Waals surface area contributed by atoms with E-state index >= 15 is 0 Å². The van der Waals surface area contributed by atoms with Gasteiger partial charge in [0.25, 0.3) is 0 Å². The maximum Gasteiger partial charge on any atom is 0.333 e. The maximum absolute atomic E-state index is 11.1. The summed E-state index contributed by atoms with van der Waals surface area (Å²) in [5, 5.41) is 9.10. The molecule has 1 rings (SSSR count). The van der Waals surface area contributed by atoms with E-state index in [1.807, 2.05) is 39.0 Å². The van der Waals surface area contributed by atoms with Crippen molar-refractivity contribution in [3.63, 3.8) is 0 Å². The van der Waals surface area contributed by atoms with Crippen LogP contribution in [-0.2, 0) is 16.0 Å². The number of aryl methyl sites for hydroxylation is 1. The standard InChI is InChI=1S/C14H20O3/c1-4-8-17-13(14(15)16)9-12-7-5-6-10(2)11(12)3/h5-7,13H,4,8-9H2,1-3H3,(H,15,16)/t13-/m0/s1. The van der Waals surface area contributed by atoms with Crippen LogP contribution in [0.25, 0.3) is 0 Å². The molecule has 0 aliphatic heterocycles. The third-order valence-electron chi connectivity index (χ3n) is 2.92. The molecular weight excluding hydrogens is 216 g/mol. The summed E-state index contributed by atoms with van der Waals surface area (Å²) in [6, 6.07) is 5.95. The third-order valence-corrected chi connectivity index (χ3v) is 2.92. The van der Waals surface area contributed by atoms with E-state index in [1.54, 1.807) is 0 Å². The molecular formula is C14H20O3. The molecule has 0 amide bonds. The first-order valence-electron chi connectivity index (χ1n) is 5.95. The number of ether oxygens (including phenoxy) is 1. The monoisotopic (exact) mass is 236 g/mol. The Bertz CT molecular complexity index is 385. The van der Waals surface area contributed by atoms with Crippen LogP contribution in [0.5, 0.6) is 0 Å². The normalized spacial score (nSPS) is 12.4. The quantitative estimate of drug-likeness (QED) is 0.826. The minimum absolute atomic E-state index is 0.433. The van der Waals surface area contributed by atoms with Gasteiger partial charge in [-0.05, 0) is 37.0 Å². The number of carbonyl (C=O) groups is 1. The second-order valence-corrected chi connectivity index (χ2v) is 4.26. The molecule has 1 atom stereocenters. The molecule has 1 aromatic carbocycles. The number of rotatable bonds is 6. The van der Waals surface area contributed by atoms with Crippen molar-refractivity contribution in [2.24, 2.45) is 0 Å². The van der Waals surface area contributed by atoms with Gasteiger partial charge in [0.1, 0.15) is 0 Å². The summed E-state index contributed by atoms with van der Waals surface area (Å²) in [5.74, 6) is -0.889. The number of carboxylic acids is 1. The molecule has 1 aromatic rings. The van der Waals surface area contributed by atoms with Gasteiger partial charge < -0.3 is 9.84 Å². The first-order chi connectivity index (χ1) is 8.06. The van der Waals surface area contributed by atoms with Gasteiger partial charge >= 0.3 is 5.97 Å². The Kier molecular flexibility index (Phi) is 5.16. The van der Waals surface area contributed by atoms with Crippen LogP contribution in [0.2, 0.25) is 0 Å². The van der Waals surface area contributed by atoms with Crippen molar-refractivity contribution in [3.05, 3.63) is 34.9 Å². The summed E-state index contributed by atoms with van der Waals surface area (Å²) in [6.07, 6.45) is 0.523. The number of hydrogen-bond acceptors (Lipinski definition) is 2. The molecule has 0 heterocycles. The van der Waals surface area contributed by atoms with Crippen molar-refractivity contribution in [1.29, 1.82) is 0 Å². The Morgan fingerprint density at radius 2 is 2.12 bits per heavy atom. The minimum Gasteiger partial charge on any atom is -0.479 e. The van der Waals surface area contributed by atoms with Crippen LogP contribution in [-0.4, -0.2) is 23.8 Å². The van der Waals surface area contributed by atoms with Crippen LogP contribution in [0.3, 0.4) is 0 Å². The highest BCUT2D eigenvalue weighted by atomic mass is 16.5. The van der Waals surface area contributed by atoms with Gasteiger partial charge in [0.2, 0.25) is 0 Å². The summed E-state index contributed by atoms with van der Waals surface area (Å²) in [4.78, 5) is 11.1. The lowest BCUT2D eigenvalue weighted by Crippen LogP contribution is -2.27.